The largest absolute Gasteiger partial charge is 0.340 e. The topological polar surface area (TPSA) is 53.6 Å². The summed E-state index contributed by atoms with van der Waals surface area (Å²) >= 11 is 0. The second kappa shape index (κ2) is 3.29. The lowest BCUT2D eigenvalue weighted by Gasteiger charge is -2.17. The van der Waals surface area contributed by atoms with E-state index in [1.165, 1.54) is 19.3 Å². The van der Waals surface area contributed by atoms with Crippen LogP contribution in [-0.2, 0) is 0 Å². The van der Waals surface area contributed by atoms with Crippen LogP contribution in [0.5, 0.6) is 0 Å². The SMILES string of the molecule is Cc1ccc2[nH]c(C3CC4CCC3N4)nc2n1. The number of hydrogen-bond donors (Lipinski definition) is 2. The van der Waals surface area contributed by atoms with Gasteiger partial charge in [0, 0.05) is 23.7 Å². The second-order valence-electron chi connectivity index (χ2n) is 5.34. The van der Waals surface area contributed by atoms with E-state index in [9.17, 15) is 0 Å². The number of hydrogen-bond acceptors (Lipinski definition) is 3. The molecule has 3 unspecified atom stereocenters. The molecule has 2 aromatic rings. The Balaban J connectivity index is 1.76. The van der Waals surface area contributed by atoms with Gasteiger partial charge >= 0.3 is 0 Å². The van der Waals surface area contributed by atoms with Crippen molar-refractivity contribution in [3.05, 3.63) is 23.7 Å². The maximum absolute atomic E-state index is 4.67. The Morgan fingerprint density at radius 2 is 2.18 bits per heavy atom. The number of rotatable bonds is 1. The zero-order chi connectivity index (χ0) is 11.4. The zero-order valence-corrected chi connectivity index (χ0v) is 9.90. The summed E-state index contributed by atoms with van der Waals surface area (Å²) in [6, 6.07) is 5.45. The third-order valence-corrected chi connectivity index (χ3v) is 4.15. The van der Waals surface area contributed by atoms with Crippen LogP contribution in [0.15, 0.2) is 12.1 Å². The molecule has 0 amide bonds. The van der Waals surface area contributed by atoms with Gasteiger partial charge in [0.15, 0.2) is 5.65 Å². The zero-order valence-electron chi connectivity index (χ0n) is 9.90. The van der Waals surface area contributed by atoms with E-state index in [2.05, 4.69) is 26.3 Å². The van der Waals surface area contributed by atoms with Crippen LogP contribution < -0.4 is 5.32 Å². The lowest BCUT2D eigenvalue weighted by atomic mass is 9.89. The Bertz CT molecular complexity index is 574. The fraction of sp³-hybridized carbons (Fsp3) is 0.538. The van der Waals surface area contributed by atoms with Gasteiger partial charge in [0.2, 0.25) is 0 Å². The van der Waals surface area contributed by atoms with Gasteiger partial charge in [0.25, 0.3) is 0 Å². The van der Waals surface area contributed by atoms with E-state index >= 15 is 0 Å². The summed E-state index contributed by atoms with van der Waals surface area (Å²) < 4.78 is 0. The highest BCUT2D eigenvalue weighted by atomic mass is 15.1. The lowest BCUT2D eigenvalue weighted by Crippen LogP contribution is -2.22. The van der Waals surface area contributed by atoms with Crippen molar-refractivity contribution in [2.75, 3.05) is 0 Å². The molecule has 2 aliphatic rings. The van der Waals surface area contributed by atoms with Crippen LogP contribution >= 0.6 is 0 Å². The number of nitrogens with one attached hydrogen (secondary N) is 2. The third-order valence-electron chi connectivity index (χ3n) is 4.15. The number of imidazole rings is 1. The normalized spacial score (nSPS) is 31.5. The molecule has 2 aromatic heterocycles. The highest BCUT2D eigenvalue weighted by Crippen LogP contribution is 2.39. The van der Waals surface area contributed by atoms with Gasteiger partial charge in [-0.25, -0.2) is 9.97 Å². The van der Waals surface area contributed by atoms with E-state index in [0.29, 0.717) is 18.0 Å². The minimum atomic E-state index is 0.559. The van der Waals surface area contributed by atoms with Gasteiger partial charge in [0.1, 0.15) is 5.82 Å². The molecule has 0 radical (unpaired) electrons. The maximum atomic E-state index is 4.67. The standard InChI is InChI=1S/C13H16N4/c1-7-2-4-11-13(14-7)17-12(16-11)9-6-8-3-5-10(9)15-8/h2,4,8-10,15H,3,5-6H2,1H3,(H,14,16,17). The number of aromatic nitrogens is 3. The molecule has 0 aliphatic carbocycles. The van der Waals surface area contributed by atoms with E-state index in [-0.39, 0.29) is 0 Å². The average molecular weight is 228 g/mol. The smallest absolute Gasteiger partial charge is 0.177 e. The first-order valence-corrected chi connectivity index (χ1v) is 6.39. The molecule has 2 aliphatic heterocycles. The molecule has 4 heterocycles. The molecular formula is C13H16N4. The number of nitrogens with zero attached hydrogens (tertiary/aromatic N) is 2. The predicted octanol–water partition coefficient (Wildman–Crippen LogP) is 1.87. The summed E-state index contributed by atoms with van der Waals surface area (Å²) in [4.78, 5) is 12.6. The Hall–Kier alpha value is -1.42. The fourth-order valence-corrected chi connectivity index (χ4v) is 3.31. The van der Waals surface area contributed by atoms with Crippen molar-refractivity contribution >= 4 is 11.2 Å². The fourth-order valence-electron chi connectivity index (χ4n) is 3.31. The minimum Gasteiger partial charge on any atom is -0.340 e. The van der Waals surface area contributed by atoms with Crippen LogP contribution in [0, 0.1) is 6.92 Å². The molecule has 2 saturated heterocycles. The van der Waals surface area contributed by atoms with Gasteiger partial charge < -0.3 is 10.3 Å². The van der Waals surface area contributed by atoms with Crippen molar-refractivity contribution in [3.8, 4) is 0 Å². The molecule has 0 saturated carbocycles. The van der Waals surface area contributed by atoms with Crippen LogP contribution in [0.25, 0.3) is 11.2 Å². The van der Waals surface area contributed by atoms with Gasteiger partial charge in [-0.3, -0.25) is 0 Å². The third kappa shape index (κ3) is 1.40. The van der Waals surface area contributed by atoms with Crippen LogP contribution in [0.3, 0.4) is 0 Å². The Morgan fingerprint density at radius 3 is 2.94 bits per heavy atom. The van der Waals surface area contributed by atoms with Crippen LogP contribution in [0.4, 0.5) is 0 Å². The minimum absolute atomic E-state index is 0.559. The molecule has 3 atom stereocenters. The number of fused-ring (bicyclic) bond motifs is 3. The molecule has 4 heteroatoms. The molecule has 0 spiro atoms. The highest BCUT2D eigenvalue weighted by molar-refractivity contribution is 5.70. The Kier molecular flexibility index (Phi) is 1.86. The lowest BCUT2D eigenvalue weighted by molar-refractivity contribution is 0.490. The number of aryl methyl sites for hydroxylation is 1. The second-order valence-corrected chi connectivity index (χ2v) is 5.34. The first-order chi connectivity index (χ1) is 8.29. The molecule has 2 bridgehead atoms. The summed E-state index contributed by atoms with van der Waals surface area (Å²) in [5.74, 6) is 1.68. The first-order valence-electron chi connectivity index (χ1n) is 6.39. The maximum Gasteiger partial charge on any atom is 0.177 e. The van der Waals surface area contributed by atoms with Gasteiger partial charge in [-0.15, -0.1) is 0 Å². The van der Waals surface area contributed by atoms with E-state index in [4.69, 9.17) is 0 Å². The molecule has 0 aromatic carbocycles. The Labute approximate surface area is 99.9 Å². The van der Waals surface area contributed by atoms with Gasteiger partial charge in [0.05, 0.1) is 5.52 Å². The summed E-state index contributed by atoms with van der Waals surface area (Å²) in [6.07, 6.45) is 3.85. The monoisotopic (exact) mass is 228 g/mol. The van der Waals surface area contributed by atoms with Crippen LogP contribution in [0.2, 0.25) is 0 Å². The van der Waals surface area contributed by atoms with Crippen molar-refractivity contribution in [3.63, 3.8) is 0 Å². The van der Waals surface area contributed by atoms with Crippen LogP contribution in [0.1, 0.15) is 36.7 Å². The number of aromatic amines is 1. The van der Waals surface area contributed by atoms with Crippen molar-refractivity contribution < 1.29 is 0 Å². The molecule has 2 N–H and O–H groups in total. The number of pyridine rings is 1. The molecule has 4 rings (SSSR count). The molecule has 88 valence electrons. The van der Waals surface area contributed by atoms with E-state index in [0.717, 1.165) is 22.7 Å². The van der Waals surface area contributed by atoms with E-state index in [1.807, 2.05) is 13.0 Å². The summed E-state index contributed by atoms with van der Waals surface area (Å²) in [6.45, 7) is 2.01. The van der Waals surface area contributed by atoms with Crippen LogP contribution in [-0.4, -0.2) is 27.0 Å². The van der Waals surface area contributed by atoms with Gasteiger partial charge in [-0.1, -0.05) is 0 Å². The quantitative estimate of drug-likeness (QED) is 0.783. The van der Waals surface area contributed by atoms with E-state index < -0.39 is 0 Å². The number of H-pyrrole nitrogens is 1. The summed E-state index contributed by atoms with van der Waals surface area (Å²) in [5.41, 5.74) is 2.96. The molecule has 17 heavy (non-hydrogen) atoms. The summed E-state index contributed by atoms with van der Waals surface area (Å²) in [5, 5.41) is 3.65. The molecular weight excluding hydrogens is 212 g/mol. The predicted molar refractivity (Wildman–Crippen MR) is 65.9 cm³/mol. The van der Waals surface area contributed by atoms with Crippen molar-refractivity contribution in [1.29, 1.82) is 0 Å². The Morgan fingerprint density at radius 1 is 1.24 bits per heavy atom. The van der Waals surface area contributed by atoms with Crippen molar-refractivity contribution in [1.82, 2.24) is 20.3 Å². The average Bonchev–Trinajstić information content (AvgIpc) is 3.01. The molecule has 2 fully saturated rings. The highest BCUT2D eigenvalue weighted by Gasteiger charge is 2.41. The van der Waals surface area contributed by atoms with Crippen molar-refractivity contribution in [2.24, 2.45) is 0 Å². The van der Waals surface area contributed by atoms with Crippen molar-refractivity contribution in [2.45, 2.75) is 44.2 Å². The molecule has 4 nitrogen and oxygen atoms in total. The van der Waals surface area contributed by atoms with E-state index in [1.54, 1.807) is 0 Å². The van der Waals surface area contributed by atoms with Gasteiger partial charge in [-0.2, -0.15) is 0 Å². The summed E-state index contributed by atoms with van der Waals surface area (Å²) in [7, 11) is 0. The first kappa shape index (κ1) is 9.59. The van der Waals surface area contributed by atoms with Gasteiger partial charge in [-0.05, 0) is 38.3 Å².